The van der Waals surface area contributed by atoms with Crippen LogP contribution in [0.25, 0.3) is 0 Å². The molecule has 11 heteroatoms. The number of hydrogen-bond acceptors (Lipinski definition) is 8. The Balaban J connectivity index is 2.68. The molecule has 0 atom stereocenters. The number of rotatable bonds is 8. The highest BCUT2D eigenvalue weighted by Crippen LogP contribution is 2.36. The van der Waals surface area contributed by atoms with Crippen molar-refractivity contribution < 1.29 is 32.3 Å². The molecular formula is C18H20N2O8S. The molecule has 2 aromatic carbocycles. The number of sulfonamides is 1. The summed E-state index contributed by atoms with van der Waals surface area (Å²) in [5, 5.41) is 11.2. The van der Waals surface area contributed by atoms with Gasteiger partial charge in [-0.1, -0.05) is 6.07 Å². The van der Waals surface area contributed by atoms with Crippen molar-refractivity contribution in [1.29, 1.82) is 0 Å². The minimum absolute atomic E-state index is 0.0435. The highest BCUT2D eigenvalue weighted by molar-refractivity contribution is 7.92. The lowest BCUT2D eigenvalue weighted by molar-refractivity contribution is -0.385. The van der Waals surface area contributed by atoms with Crippen molar-refractivity contribution in [2.45, 2.75) is 11.8 Å². The first-order valence-corrected chi connectivity index (χ1v) is 9.66. The largest absolute Gasteiger partial charge is 0.497 e. The van der Waals surface area contributed by atoms with Gasteiger partial charge < -0.3 is 14.2 Å². The maximum atomic E-state index is 13.3. The predicted octanol–water partition coefficient (Wildman–Crippen LogP) is 2.29. The molecule has 0 N–H and O–H groups in total. The second-order valence-corrected chi connectivity index (χ2v) is 7.69. The van der Waals surface area contributed by atoms with Crippen molar-refractivity contribution in [1.82, 2.24) is 0 Å². The molecule has 0 aliphatic rings. The lowest BCUT2D eigenvalue weighted by Crippen LogP contribution is -2.36. The summed E-state index contributed by atoms with van der Waals surface area (Å²) in [7, 11) is -0.492. The standard InChI is InChI=1S/C18H20N2O8S/c1-12-5-7-14(10-16(12)20(22)23)29(24,25)19(11-18(21)28-4)15-8-6-13(26-2)9-17(15)27-3/h5-10H,11H2,1-4H3. The number of hydrogen-bond donors (Lipinski definition) is 0. The van der Waals surface area contributed by atoms with E-state index in [1.807, 2.05) is 0 Å². The van der Waals surface area contributed by atoms with E-state index in [2.05, 4.69) is 4.74 Å². The number of methoxy groups -OCH3 is 3. The lowest BCUT2D eigenvalue weighted by atomic mass is 10.2. The molecule has 156 valence electrons. The normalized spacial score (nSPS) is 10.9. The van der Waals surface area contributed by atoms with E-state index >= 15 is 0 Å². The first kappa shape index (κ1) is 22.0. The second kappa shape index (κ2) is 8.78. The van der Waals surface area contributed by atoms with Crippen LogP contribution in [0, 0.1) is 17.0 Å². The van der Waals surface area contributed by atoms with Gasteiger partial charge in [0, 0.05) is 17.7 Å². The quantitative estimate of drug-likeness (QED) is 0.359. The van der Waals surface area contributed by atoms with Crippen LogP contribution in [0.2, 0.25) is 0 Å². The average molecular weight is 424 g/mol. The molecule has 2 rings (SSSR count). The van der Waals surface area contributed by atoms with E-state index < -0.39 is 27.5 Å². The number of carbonyl (C=O) groups is 1. The average Bonchev–Trinajstić information content (AvgIpc) is 2.71. The molecule has 0 aliphatic carbocycles. The molecule has 10 nitrogen and oxygen atoms in total. The maximum Gasteiger partial charge on any atom is 0.326 e. The Hall–Kier alpha value is -3.34. The third-order valence-corrected chi connectivity index (χ3v) is 5.88. The third-order valence-electron chi connectivity index (χ3n) is 4.12. The summed E-state index contributed by atoms with van der Waals surface area (Å²) in [6.07, 6.45) is 0. The smallest absolute Gasteiger partial charge is 0.326 e. The molecule has 0 fully saturated rings. The molecule has 0 bridgehead atoms. The van der Waals surface area contributed by atoms with Crippen molar-refractivity contribution in [3.63, 3.8) is 0 Å². The minimum atomic E-state index is -4.38. The van der Waals surface area contributed by atoms with Crippen LogP contribution in [0.4, 0.5) is 11.4 Å². The molecule has 2 aromatic rings. The Morgan fingerprint density at radius 3 is 2.34 bits per heavy atom. The summed E-state index contributed by atoms with van der Waals surface area (Å²) in [6, 6.07) is 7.86. The number of ether oxygens (including phenoxy) is 3. The zero-order chi connectivity index (χ0) is 21.8. The molecule has 0 saturated heterocycles. The Bertz CT molecular complexity index is 1040. The van der Waals surface area contributed by atoms with Gasteiger partial charge in [0.05, 0.1) is 36.8 Å². The van der Waals surface area contributed by atoms with Crippen LogP contribution in [0.15, 0.2) is 41.3 Å². The molecule has 0 spiro atoms. The molecule has 0 radical (unpaired) electrons. The zero-order valence-electron chi connectivity index (χ0n) is 16.2. The van der Waals surface area contributed by atoms with Gasteiger partial charge in [-0.3, -0.25) is 19.2 Å². The third kappa shape index (κ3) is 4.57. The van der Waals surface area contributed by atoms with Crippen LogP contribution in [-0.2, 0) is 19.6 Å². The Morgan fingerprint density at radius 2 is 1.79 bits per heavy atom. The molecule has 0 aliphatic heterocycles. The van der Waals surface area contributed by atoms with Gasteiger partial charge in [-0.2, -0.15) is 0 Å². The van der Waals surface area contributed by atoms with E-state index in [-0.39, 0.29) is 22.0 Å². The predicted molar refractivity (Wildman–Crippen MR) is 104 cm³/mol. The molecule has 29 heavy (non-hydrogen) atoms. The molecule has 0 amide bonds. The second-order valence-electron chi connectivity index (χ2n) is 5.83. The van der Waals surface area contributed by atoms with Crippen LogP contribution in [0.1, 0.15) is 5.56 Å². The van der Waals surface area contributed by atoms with E-state index in [4.69, 9.17) is 9.47 Å². The maximum absolute atomic E-state index is 13.3. The van der Waals surface area contributed by atoms with Crippen LogP contribution < -0.4 is 13.8 Å². The van der Waals surface area contributed by atoms with Gasteiger partial charge in [0.25, 0.3) is 15.7 Å². The van der Waals surface area contributed by atoms with Gasteiger partial charge in [-0.25, -0.2) is 8.42 Å². The van der Waals surface area contributed by atoms with Crippen LogP contribution in [0.5, 0.6) is 11.5 Å². The van der Waals surface area contributed by atoms with E-state index in [9.17, 15) is 23.3 Å². The summed E-state index contributed by atoms with van der Waals surface area (Å²) in [5.41, 5.74) is -0.0109. The first-order valence-electron chi connectivity index (χ1n) is 8.22. The summed E-state index contributed by atoms with van der Waals surface area (Å²) >= 11 is 0. The van der Waals surface area contributed by atoms with Crippen molar-refractivity contribution in [2.24, 2.45) is 0 Å². The summed E-state index contributed by atoms with van der Waals surface area (Å²) in [6.45, 7) is 0.830. The zero-order valence-corrected chi connectivity index (χ0v) is 17.1. The van der Waals surface area contributed by atoms with E-state index in [1.165, 1.54) is 51.5 Å². The number of benzene rings is 2. The SMILES string of the molecule is COC(=O)CN(c1ccc(OC)cc1OC)S(=O)(=O)c1ccc(C)c([N+](=O)[O-])c1. The van der Waals surface area contributed by atoms with Gasteiger partial charge in [0.1, 0.15) is 18.0 Å². The van der Waals surface area contributed by atoms with Gasteiger partial charge in [-0.15, -0.1) is 0 Å². The molecular weight excluding hydrogens is 404 g/mol. The monoisotopic (exact) mass is 424 g/mol. The number of nitro groups is 1. The molecule has 0 unspecified atom stereocenters. The topological polar surface area (TPSA) is 125 Å². The summed E-state index contributed by atoms with van der Waals surface area (Å²) in [4.78, 5) is 22.1. The van der Waals surface area contributed by atoms with E-state index in [1.54, 1.807) is 0 Å². The molecule has 0 aromatic heterocycles. The van der Waals surface area contributed by atoms with Gasteiger partial charge >= 0.3 is 5.97 Å². The number of esters is 1. The Labute approximate surface area is 167 Å². The highest BCUT2D eigenvalue weighted by atomic mass is 32.2. The van der Waals surface area contributed by atoms with Gasteiger partial charge in [0.15, 0.2) is 0 Å². The fraction of sp³-hybridized carbons (Fsp3) is 0.278. The van der Waals surface area contributed by atoms with Gasteiger partial charge in [0.2, 0.25) is 0 Å². The molecule has 0 saturated carbocycles. The highest BCUT2D eigenvalue weighted by Gasteiger charge is 2.31. The Morgan fingerprint density at radius 1 is 1.10 bits per heavy atom. The fourth-order valence-corrected chi connectivity index (χ4v) is 3.99. The number of aryl methyl sites for hydroxylation is 1. The summed E-state index contributed by atoms with van der Waals surface area (Å²) in [5.74, 6) is -0.293. The first-order chi connectivity index (χ1) is 13.6. The summed E-state index contributed by atoms with van der Waals surface area (Å²) < 4.78 is 42.3. The number of nitro benzene ring substituents is 1. The van der Waals surface area contributed by atoms with Crippen LogP contribution >= 0.6 is 0 Å². The number of anilines is 1. The number of nitrogens with zero attached hydrogens (tertiary/aromatic N) is 2. The van der Waals surface area contributed by atoms with Crippen molar-refractivity contribution in [3.8, 4) is 11.5 Å². The van der Waals surface area contributed by atoms with Crippen LogP contribution in [-0.4, -0.2) is 47.2 Å². The van der Waals surface area contributed by atoms with Crippen molar-refractivity contribution in [2.75, 3.05) is 32.2 Å². The fourth-order valence-electron chi connectivity index (χ4n) is 2.55. The van der Waals surface area contributed by atoms with Crippen LogP contribution in [0.3, 0.4) is 0 Å². The van der Waals surface area contributed by atoms with Gasteiger partial charge in [-0.05, 0) is 25.1 Å². The van der Waals surface area contributed by atoms with E-state index in [0.29, 0.717) is 11.3 Å². The molecule has 0 heterocycles. The van der Waals surface area contributed by atoms with E-state index in [0.717, 1.165) is 17.5 Å². The number of carbonyl (C=O) groups excluding carboxylic acids is 1. The minimum Gasteiger partial charge on any atom is -0.497 e. The Kier molecular flexibility index (Phi) is 6.64. The lowest BCUT2D eigenvalue weighted by Gasteiger charge is -2.25. The van der Waals surface area contributed by atoms with Crippen molar-refractivity contribution in [3.05, 3.63) is 52.1 Å². The van der Waals surface area contributed by atoms with Crippen molar-refractivity contribution >= 4 is 27.4 Å².